The van der Waals surface area contributed by atoms with Crippen molar-refractivity contribution in [1.29, 1.82) is 0 Å². The molecule has 4 atom stereocenters. The highest BCUT2D eigenvalue weighted by Crippen LogP contribution is 2.53. The second-order valence-corrected chi connectivity index (χ2v) is 5.82. The van der Waals surface area contributed by atoms with Crippen molar-refractivity contribution in [1.82, 2.24) is 0 Å². The van der Waals surface area contributed by atoms with E-state index in [9.17, 15) is 89.4 Å². The summed E-state index contributed by atoms with van der Waals surface area (Å²) in [4.78, 5) is 38.6. The maximum absolute atomic E-state index is 12.5. The van der Waals surface area contributed by atoms with E-state index in [1.807, 2.05) is 0 Å². The topological polar surface area (TPSA) is 149 Å². The van der Waals surface area contributed by atoms with Gasteiger partial charge in [-0.25, -0.2) is 19.2 Å². The molecule has 0 saturated carbocycles. The summed E-state index contributed by atoms with van der Waals surface area (Å²) < 4.78 is 198. The molecule has 0 aliphatic carbocycles. The van der Waals surface area contributed by atoms with Crippen molar-refractivity contribution in [3.8, 4) is 0 Å². The molecule has 0 spiro atoms. The van der Waals surface area contributed by atoms with Gasteiger partial charge in [0, 0.05) is 0 Å². The zero-order valence-corrected chi connectivity index (χ0v) is 24.0. The van der Waals surface area contributed by atoms with E-state index in [-0.39, 0.29) is 39.6 Å². The molecule has 0 aromatic heterocycles. The van der Waals surface area contributed by atoms with Crippen LogP contribution in [0.2, 0.25) is 0 Å². The van der Waals surface area contributed by atoms with Gasteiger partial charge in [-0.3, -0.25) is 0 Å². The van der Waals surface area contributed by atoms with Crippen molar-refractivity contribution >= 4 is 63.5 Å². The molecule has 0 aromatic carbocycles. The summed E-state index contributed by atoms with van der Waals surface area (Å²) in [5.41, 5.74) is 0. The SMILES string of the molecule is O=C(O)C(F)(F)C(F)(F)C(F)(F)C(F)(F)C(=O)O.O=C(O)C(F)(F)C(F)(F)C(F)(F)C(F)(F)C(=O)O.P.P.P.P. The Hall–Kier alpha value is -1.52. The van der Waals surface area contributed by atoms with Crippen molar-refractivity contribution in [2.24, 2.45) is 0 Å². The summed E-state index contributed by atoms with van der Waals surface area (Å²) in [6.45, 7) is 0. The van der Waals surface area contributed by atoms with Gasteiger partial charge in [0.1, 0.15) is 0 Å². The number of alkyl halides is 16. The number of hydrogen-bond donors (Lipinski definition) is 4. The third-order valence-corrected chi connectivity index (χ3v) is 3.44. The fourth-order valence-electron chi connectivity index (χ4n) is 1.33. The summed E-state index contributed by atoms with van der Waals surface area (Å²) in [5, 5.41) is 30.4. The Morgan fingerprint density at radius 3 is 0.425 bits per heavy atom. The van der Waals surface area contributed by atoms with Gasteiger partial charge in [0.25, 0.3) is 0 Å². The predicted molar refractivity (Wildman–Crippen MR) is 115 cm³/mol. The number of carboxylic acid groups (broad SMARTS) is 4. The highest BCUT2D eigenvalue weighted by Gasteiger charge is 2.86. The maximum atomic E-state index is 12.5. The molecule has 0 aliphatic rings. The monoisotopic (exact) mass is 716 g/mol. The summed E-state index contributed by atoms with van der Waals surface area (Å²) in [6.07, 6.45) is 0. The molecule has 0 aromatic rings. The molecular formula is C12H16F16O8P4. The van der Waals surface area contributed by atoms with Crippen LogP contribution < -0.4 is 0 Å². The first-order valence-corrected chi connectivity index (χ1v) is 7.23. The van der Waals surface area contributed by atoms with E-state index in [1.165, 1.54) is 0 Å². The Morgan fingerprint density at radius 1 is 0.300 bits per heavy atom. The van der Waals surface area contributed by atoms with Crippen LogP contribution in [-0.4, -0.2) is 91.7 Å². The van der Waals surface area contributed by atoms with Crippen LogP contribution in [0, 0.1) is 0 Å². The van der Waals surface area contributed by atoms with E-state index in [4.69, 9.17) is 20.4 Å². The smallest absolute Gasteiger partial charge is 0.410 e. The third kappa shape index (κ3) is 7.85. The van der Waals surface area contributed by atoms with E-state index in [0.717, 1.165) is 0 Å². The van der Waals surface area contributed by atoms with Crippen molar-refractivity contribution in [3.05, 3.63) is 0 Å². The zero-order valence-electron chi connectivity index (χ0n) is 18.3. The number of carboxylic acids is 4. The second kappa shape index (κ2) is 14.6. The Labute approximate surface area is 221 Å². The van der Waals surface area contributed by atoms with Gasteiger partial charge in [-0.2, -0.15) is 110 Å². The summed E-state index contributed by atoms with van der Waals surface area (Å²) in [7, 11) is 0. The zero-order chi connectivity index (χ0) is 30.3. The maximum Gasteiger partial charge on any atom is 0.410 e. The molecule has 0 rings (SSSR count). The van der Waals surface area contributed by atoms with Gasteiger partial charge in [0.05, 0.1) is 0 Å². The van der Waals surface area contributed by atoms with Crippen LogP contribution in [0.15, 0.2) is 0 Å². The minimum atomic E-state index is -7.12. The van der Waals surface area contributed by atoms with Crippen LogP contribution in [0.4, 0.5) is 70.2 Å². The van der Waals surface area contributed by atoms with Crippen LogP contribution in [0.25, 0.3) is 0 Å². The molecule has 0 radical (unpaired) electrons. The molecule has 0 bridgehead atoms. The Morgan fingerprint density at radius 2 is 0.375 bits per heavy atom. The van der Waals surface area contributed by atoms with Crippen LogP contribution in [0.3, 0.4) is 0 Å². The van der Waals surface area contributed by atoms with Crippen LogP contribution in [0.1, 0.15) is 0 Å². The highest BCUT2D eigenvalue weighted by molar-refractivity contribution is 6.92. The minimum absolute atomic E-state index is 0. The minimum Gasteiger partial charge on any atom is -0.477 e. The largest absolute Gasteiger partial charge is 0.477 e. The van der Waals surface area contributed by atoms with Gasteiger partial charge in [-0.15, -0.1) is 0 Å². The molecule has 4 N–H and O–H groups in total. The number of halogens is 16. The first-order valence-electron chi connectivity index (χ1n) is 7.23. The molecule has 4 unspecified atom stereocenters. The summed E-state index contributed by atoms with van der Waals surface area (Å²) in [5.74, 6) is -70.1. The van der Waals surface area contributed by atoms with Crippen LogP contribution in [0.5, 0.6) is 0 Å². The van der Waals surface area contributed by atoms with Crippen LogP contribution >= 0.6 is 39.6 Å². The lowest BCUT2D eigenvalue weighted by Gasteiger charge is -2.32. The van der Waals surface area contributed by atoms with Gasteiger partial charge in [0.2, 0.25) is 0 Å². The van der Waals surface area contributed by atoms with Gasteiger partial charge in [-0.05, 0) is 0 Å². The van der Waals surface area contributed by atoms with Crippen LogP contribution in [-0.2, 0) is 19.2 Å². The first kappa shape index (κ1) is 51.2. The number of rotatable bonds is 10. The van der Waals surface area contributed by atoms with Gasteiger partial charge >= 0.3 is 71.3 Å². The quantitative estimate of drug-likeness (QED) is 0.198. The van der Waals surface area contributed by atoms with E-state index >= 15 is 0 Å². The van der Waals surface area contributed by atoms with Crippen molar-refractivity contribution in [3.63, 3.8) is 0 Å². The number of carbonyl (C=O) groups is 4. The molecule has 28 heteroatoms. The molecule has 0 amide bonds. The van der Waals surface area contributed by atoms with E-state index in [1.54, 1.807) is 0 Å². The summed E-state index contributed by atoms with van der Waals surface area (Å²) >= 11 is 0. The fraction of sp³-hybridized carbons (Fsp3) is 0.667. The predicted octanol–water partition coefficient (Wildman–Crippen LogP) is 3.63. The van der Waals surface area contributed by atoms with Crippen molar-refractivity contribution in [2.75, 3.05) is 0 Å². The lowest BCUT2D eigenvalue weighted by Crippen LogP contribution is -2.66. The highest BCUT2D eigenvalue weighted by atomic mass is 31.0. The molecule has 8 nitrogen and oxygen atoms in total. The van der Waals surface area contributed by atoms with Crippen molar-refractivity contribution in [2.45, 2.75) is 47.4 Å². The Kier molecular flexibility index (Phi) is 18.7. The Balaban J connectivity index is -0.000000131. The number of hydrogen-bond acceptors (Lipinski definition) is 4. The normalized spacial score (nSPS) is 13.0. The first-order chi connectivity index (χ1) is 15.3. The molecule has 244 valence electrons. The Bertz CT molecular complexity index is 770. The third-order valence-electron chi connectivity index (χ3n) is 3.44. The summed E-state index contributed by atoms with van der Waals surface area (Å²) in [6, 6.07) is 0. The fourth-order valence-corrected chi connectivity index (χ4v) is 1.33. The molecule has 0 fully saturated rings. The number of aliphatic carboxylic acids is 4. The van der Waals surface area contributed by atoms with Crippen molar-refractivity contribution < 1.29 is 110 Å². The van der Waals surface area contributed by atoms with Gasteiger partial charge < -0.3 is 20.4 Å². The lowest BCUT2D eigenvalue weighted by molar-refractivity contribution is -0.353. The molecule has 0 saturated heterocycles. The molecular weight excluding hydrogens is 700 g/mol. The van der Waals surface area contributed by atoms with E-state index in [2.05, 4.69) is 0 Å². The molecule has 0 heterocycles. The second-order valence-electron chi connectivity index (χ2n) is 5.82. The average Bonchev–Trinajstić information content (AvgIpc) is 2.66. The lowest BCUT2D eigenvalue weighted by atomic mass is 9.99. The van der Waals surface area contributed by atoms with E-state index < -0.39 is 71.3 Å². The molecule has 0 aliphatic heterocycles. The van der Waals surface area contributed by atoms with Gasteiger partial charge in [0.15, 0.2) is 0 Å². The molecule has 40 heavy (non-hydrogen) atoms. The van der Waals surface area contributed by atoms with Gasteiger partial charge in [-0.1, -0.05) is 0 Å². The standard InChI is InChI=1S/2C6H2F8O4.4H3P/c2*7-3(8,1(15)16)5(11,12)6(13,14)4(9,10)2(17)18;;;;/h2*(H,15,16)(H,17,18);4*1H3. The average molecular weight is 716 g/mol. The van der Waals surface area contributed by atoms with E-state index in [0.29, 0.717) is 0 Å².